The van der Waals surface area contributed by atoms with Gasteiger partial charge in [0.05, 0.1) is 12.3 Å². The van der Waals surface area contributed by atoms with Crippen LogP contribution in [0.1, 0.15) is 49.7 Å². The minimum absolute atomic E-state index is 0.757. The maximum Gasteiger partial charge on any atom is 0.123 e. The first-order valence-corrected chi connectivity index (χ1v) is 10.4. The second-order valence-corrected chi connectivity index (χ2v) is 8.27. The Balaban J connectivity index is 1.71. The van der Waals surface area contributed by atoms with Crippen LogP contribution in [-0.2, 0) is 11.4 Å². The summed E-state index contributed by atoms with van der Waals surface area (Å²) in [6, 6.07) is 6.50. The van der Waals surface area contributed by atoms with Gasteiger partial charge < -0.3 is 19.8 Å². The molecule has 1 aromatic rings. The zero-order valence-corrected chi connectivity index (χ0v) is 17.2. The highest BCUT2D eigenvalue weighted by atomic mass is 16.6. The van der Waals surface area contributed by atoms with Gasteiger partial charge in [-0.1, -0.05) is 5.16 Å². The molecule has 0 spiro atoms. The van der Waals surface area contributed by atoms with Crippen molar-refractivity contribution in [2.45, 2.75) is 45.1 Å². The number of nitrogens with zero attached hydrogens (tertiary/aromatic N) is 2. The summed E-state index contributed by atoms with van der Waals surface area (Å²) in [5, 5.41) is 7.80. The minimum Gasteiger partial charge on any atom is -0.493 e. The molecular formula is C22H35N3O2. The van der Waals surface area contributed by atoms with Gasteiger partial charge in [-0.2, -0.15) is 0 Å². The Morgan fingerprint density at radius 2 is 1.93 bits per heavy atom. The number of hydrogen-bond donors (Lipinski definition) is 1. The number of hydrogen-bond acceptors (Lipinski definition) is 5. The average Bonchev–Trinajstić information content (AvgIpc) is 3.49. The lowest BCUT2D eigenvalue weighted by Gasteiger charge is -2.22. The number of rotatable bonds is 10. The molecule has 150 valence electrons. The van der Waals surface area contributed by atoms with Crippen LogP contribution in [0.3, 0.4) is 0 Å². The maximum absolute atomic E-state index is 6.11. The molecule has 3 rings (SSSR count). The lowest BCUT2D eigenvalue weighted by atomic mass is 9.90. The third-order valence-electron chi connectivity index (χ3n) is 5.50. The fourth-order valence-electron chi connectivity index (χ4n) is 3.72. The largest absolute Gasteiger partial charge is 0.493 e. The van der Waals surface area contributed by atoms with Crippen LogP contribution in [0.4, 0.5) is 0 Å². The first-order valence-electron chi connectivity index (χ1n) is 10.4. The van der Waals surface area contributed by atoms with Crippen LogP contribution in [0.2, 0.25) is 0 Å². The molecular weight excluding hydrogens is 338 g/mol. The Bertz CT molecular complexity index is 620. The molecule has 1 N–H and O–H groups in total. The normalized spacial score (nSPS) is 18.7. The van der Waals surface area contributed by atoms with Gasteiger partial charge in [-0.3, -0.25) is 0 Å². The van der Waals surface area contributed by atoms with Crippen molar-refractivity contribution < 1.29 is 9.57 Å². The second-order valence-electron chi connectivity index (χ2n) is 8.27. The molecule has 1 saturated carbocycles. The smallest absolute Gasteiger partial charge is 0.123 e. The highest BCUT2D eigenvalue weighted by molar-refractivity contribution is 6.00. The van der Waals surface area contributed by atoms with Crippen molar-refractivity contribution >= 4 is 5.71 Å². The van der Waals surface area contributed by atoms with Crippen molar-refractivity contribution in [3.8, 4) is 5.75 Å². The van der Waals surface area contributed by atoms with Gasteiger partial charge in [0, 0.05) is 12.1 Å². The molecule has 5 nitrogen and oxygen atoms in total. The molecule has 1 heterocycles. The van der Waals surface area contributed by atoms with Crippen LogP contribution in [-0.4, -0.2) is 51.5 Å². The standard InChI is InChI=1S/C22H35N3O2/c1-25(2)15-20-14-19(7-9-22(20)27-16-18-4-5-18)21(24-26-3)8-6-17-10-12-23-13-11-17/h7,9,14,17-18,23H,4-6,8,10-13,15-16H2,1-3H3/b24-21-. The first kappa shape index (κ1) is 20.2. The van der Waals surface area contributed by atoms with Crippen molar-refractivity contribution in [3.05, 3.63) is 29.3 Å². The topological polar surface area (TPSA) is 46.1 Å². The second kappa shape index (κ2) is 10.1. The SMILES string of the molecule is CO/N=C(/CCC1CCNCC1)c1ccc(OCC2CC2)c(CN(C)C)c1. The van der Waals surface area contributed by atoms with E-state index in [9.17, 15) is 0 Å². The molecule has 1 saturated heterocycles. The maximum atomic E-state index is 6.11. The quantitative estimate of drug-likeness (QED) is 0.502. The van der Waals surface area contributed by atoms with Crippen molar-refractivity contribution in [2.75, 3.05) is 40.9 Å². The number of piperidine rings is 1. The van der Waals surface area contributed by atoms with Gasteiger partial charge in [-0.15, -0.1) is 0 Å². The molecule has 0 radical (unpaired) electrons. The molecule has 0 unspecified atom stereocenters. The van der Waals surface area contributed by atoms with Crippen LogP contribution in [0.15, 0.2) is 23.4 Å². The van der Waals surface area contributed by atoms with Gasteiger partial charge in [0.15, 0.2) is 0 Å². The van der Waals surface area contributed by atoms with E-state index < -0.39 is 0 Å². The van der Waals surface area contributed by atoms with Crippen LogP contribution in [0, 0.1) is 11.8 Å². The molecule has 2 aliphatic rings. The fourth-order valence-corrected chi connectivity index (χ4v) is 3.72. The number of oxime groups is 1. The Labute approximate surface area is 164 Å². The summed E-state index contributed by atoms with van der Waals surface area (Å²) in [4.78, 5) is 7.36. The summed E-state index contributed by atoms with van der Waals surface area (Å²) < 4.78 is 6.11. The van der Waals surface area contributed by atoms with E-state index in [1.54, 1.807) is 7.11 Å². The molecule has 2 fully saturated rings. The first-order chi connectivity index (χ1) is 13.2. The van der Waals surface area contributed by atoms with E-state index in [-0.39, 0.29) is 0 Å². The zero-order valence-electron chi connectivity index (χ0n) is 17.2. The molecule has 0 bridgehead atoms. The lowest BCUT2D eigenvalue weighted by Crippen LogP contribution is -2.28. The lowest BCUT2D eigenvalue weighted by molar-refractivity contribution is 0.212. The predicted octanol–water partition coefficient (Wildman–Crippen LogP) is 3.67. The number of nitrogens with one attached hydrogen (secondary N) is 1. The van der Waals surface area contributed by atoms with Crippen molar-refractivity contribution in [2.24, 2.45) is 17.0 Å². The summed E-state index contributed by atoms with van der Waals surface area (Å²) in [5.41, 5.74) is 3.43. The monoisotopic (exact) mass is 373 g/mol. The van der Waals surface area contributed by atoms with Crippen LogP contribution in [0.25, 0.3) is 0 Å². The average molecular weight is 374 g/mol. The van der Waals surface area contributed by atoms with Crippen molar-refractivity contribution in [3.63, 3.8) is 0 Å². The zero-order chi connectivity index (χ0) is 19.1. The van der Waals surface area contributed by atoms with E-state index in [4.69, 9.17) is 9.57 Å². The van der Waals surface area contributed by atoms with Gasteiger partial charge >= 0.3 is 0 Å². The number of ether oxygens (including phenoxy) is 1. The van der Waals surface area contributed by atoms with Gasteiger partial charge in [0.2, 0.25) is 0 Å². The Kier molecular flexibility index (Phi) is 7.53. The number of benzene rings is 1. The van der Waals surface area contributed by atoms with E-state index >= 15 is 0 Å². The Morgan fingerprint density at radius 3 is 2.59 bits per heavy atom. The third-order valence-corrected chi connectivity index (χ3v) is 5.50. The van der Waals surface area contributed by atoms with Crippen molar-refractivity contribution in [1.82, 2.24) is 10.2 Å². The van der Waals surface area contributed by atoms with Crippen LogP contribution >= 0.6 is 0 Å². The highest BCUT2D eigenvalue weighted by Crippen LogP contribution is 2.31. The van der Waals surface area contributed by atoms with Gasteiger partial charge in [-0.05, 0) is 101 Å². The third kappa shape index (κ3) is 6.51. The van der Waals surface area contributed by atoms with Crippen LogP contribution in [0.5, 0.6) is 5.75 Å². The molecule has 1 aliphatic heterocycles. The van der Waals surface area contributed by atoms with Crippen LogP contribution < -0.4 is 10.1 Å². The summed E-state index contributed by atoms with van der Waals surface area (Å²) >= 11 is 0. The van der Waals surface area contributed by atoms with E-state index in [0.29, 0.717) is 0 Å². The fraction of sp³-hybridized carbons (Fsp3) is 0.682. The molecule has 0 amide bonds. The van der Waals surface area contributed by atoms with Gasteiger partial charge in [0.25, 0.3) is 0 Å². The predicted molar refractivity (Wildman–Crippen MR) is 110 cm³/mol. The molecule has 1 aliphatic carbocycles. The molecule has 5 heteroatoms. The van der Waals surface area contributed by atoms with E-state index in [0.717, 1.165) is 61.5 Å². The summed E-state index contributed by atoms with van der Waals surface area (Å²) in [5.74, 6) is 2.55. The molecule has 27 heavy (non-hydrogen) atoms. The van der Waals surface area contributed by atoms with E-state index in [1.165, 1.54) is 37.7 Å². The van der Waals surface area contributed by atoms with Gasteiger partial charge in [0.1, 0.15) is 12.9 Å². The Morgan fingerprint density at radius 1 is 1.15 bits per heavy atom. The minimum atomic E-state index is 0.757. The summed E-state index contributed by atoms with van der Waals surface area (Å²) in [6.07, 6.45) is 7.28. The summed E-state index contributed by atoms with van der Waals surface area (Å²) in [7, 11) is 5.83. The van der Waals surface area contributed by atoms with E-state index in [2.05, 4.69) is 47.7 Å². The molecule has 0 aromatic heterocycles. The van der Waals surface area contributed by atoms with E-state index in [1.807, 2.05) is 0 Å². The van der Waals surface area contributed by atoms with Gasteiger partial charge in [-0.25, -0.2) is 0 Å². The summed E-state index contributed by atoms with van der Waals surface area (Å²) in [6.45, 7) is 3.99. The molecule has 1 aromatic carbocycles. The highest BCUT2D eigenvalue weighted by Gasteiger charge is 2.23. The Hall–Kier alpha value is -1.59. The molecule has 0 atom stereocenters. The van der Waals surface area contributed by atoms with Crippen molar-refractivity contribution in [1.29, 1.82) is 0 Å².